The lowest BCUT2D eigenvalue weighted by Gasteiger charge is -2.35. The molecule has 0 saturated heterocycles. The number of carbonyl (C=O) groups excluding carboxylic acids is 1. The molecular formula is C19H21N3O. The molecule has 0 fully saturated rings. The predicted octanol–water partition coefficient (Wildman–Crippen LogP) is 3.68. The van der Waals surface area contributed by atoms with Crippen LogP contribution in [0.4, 0.5) is 11.4 Å². The van der Waals surface area contributed by atoms with E-state index in [2.05, 4.69) is 11.4 Å². The molecule has 0 radical (unpaired) electrons. The number of hydrogen-bond acceptors (Lipinski definition) is 3. The van der Waals surface area contributed by atoms with Crippen LogP contribution in [-0.2, 0) is 4.79 Å². The van der Waals surface area contributed by atoms with E-state index in [-0.39, 0.29) is 5.91 Å². The van der Waals surface area contributed by atoms with Crippen LogP contribution >= 0.6 is 0 Å². The summed E-state index contributed by atoms with van der Waals surface area (Å²) < 4.78 is 0. The molecule has 0 bridgehead atoms. The summed E-state index contributed by atoms with van der Waals surface area (Å²) >= 11 is 0. The van der Waals surface area contributed by atoms with Crippen molar-refractivity contribution in [1.29, 1.82) is 5.26 Å². The number of anilines is 2. The topological polar surface area (TPSA) is 56.1 Å². The largest absolute Gasteiger partial charge is 0.358 e. The first-order chi connectivity index (χ1) is 11.0. The average molecular weight is 307 g/mol. The van der Waals surface area contributed by atoms with Gasteiger partial charge in [0.25, 0.3) is 0 Å². The molecule has 0 saturated carbocycles. The number of hydrogen-bond donors (Lipinski definition) is 1. The first-order valence-electron chi connectivity index (χ1n) is 7.51. The van der Waals surface area contributed by atoms with E-state index in [1.54, 1.807) is 13.8 Å². The van der Waals surface area contributed by atoms with Gasteiger partial charge < -0.3 is 10.2 Å². The molecule has 2 aromatic carbocycles. The van der Waals surface area contributed by atoms with Crippen molar-refractivity contribution in [2.24, 2.45) is 5.41 Å². The van der Waals surface area contributed by atoms with E-state index < -0.39 is 11.5 Å². The zero-order valence-corrected chi connectivity index (χ0v) is 13.7. The zero-order valence-electron chi connectivity index (χ0n) is 13.7. The van der Waals surface area contributed by atoms with Gasteiger partial charge in [-0.3, -0.25) is 4.79 Å². The average Bonchev–Trinajstić information content (AvgIpc) is 2.57. The Morgan fingerprint density at radius 1 is 1.09 bits per heavy atom. The molecule has 118 valence electrons. The van der Waals surface area contributed by atoms with Crippen molar-refractivity contribution in [3.8, 4) is 6.07 Å². The molecule has 0 aliphatic heterocycles. The molecule has 0 aromatic heterocycles. The fourth-order valence-electron chi connectivity index (χ4n) is 2.48. The summed E-state index contributed by atoms with van der Waals surface area (Å²) in [5.74, 6) is -0.182. The molecule has 1 N–H and O–H groups in total. The lowest BCUT2D eigenvalue weighted by molar-refractivity contribution is -0.124. The third kappa shape index (κ3) is 3.70. The number of nitrogens with zero attached hydrogens (tertiary/aromatic N) is 2. The Hall–Kier alpha value is -2.80. The second-order valence-corrected chi connectivity index (χ2v) is 6.02. The summed E-state index contributed by atoms with van der Waals surface area (Å²) in [6.45, 7) is 3.58. The molecule has 4 heteroatoms. The monoisotopic (exact) mass is 307 g/mol. The minimum absolute atomic E-state index is 0.182. The Labute approximate surface area is 137 Å². The molecule has 23 heavy (non-hydrogen) atoms. The van der Waals surface area contributed by atoms with Gasteiger partial charge in [-0.1, -0.05) is 36.4 Å². The molecule has 2 aromatic rings. The summed E-state index contributed by atoms with van der Waals surface area (Å²) in [5.41, 5.74) is 0.749. The lowest BCUT2D eigenvalue weighted by atomic mass is 9.83. The van der Waals surface area contributed by atoms with E-state index >= 15 is 0 Å². The standard InChI is InChI=1S/C19H21N3O/c1-19(2,18(23)21-15-10-6-4-7-11-15)17(14-20)22(3)16-12-8-5-9-13-16/h4-13,17H,1-3H3,(H,21,23). The van der Waals surface area contributed by atoms with Crippen molar-refractivity contribution in [3.05, 3.63) is 60.7 Å². The number of para-hydroxylation sites is 2. The van der Waals surface area contributed by atoms with Crippen LogP contribution < -0.4 is 10.2 Å². The van der Waals surface area contributed by atoms with Crippen LogP contribution in [0.2, 0.25) is 0 Å². The summed E-state index contributed by atoms with van der Waals surface area (Å²) in [4.78, 5) is 14.5. The van der Waals surface area contributed by atoms with Gasteiger partial charge >= 0.3 is 0 Å². The Bertz CT molecular complexity index is 690. The Balaban J connectivity index is 2.21. The number of benzene rings is 2. The highest BCUT2D eigenvalue weighted by atomic mass is 16.2. The fourth-order valence-corrected chi connectivity index (χ4v) is 2.48. The molecule has 0 heterocycles. The molecule has 4 nitrogen and oxygen atoms in total. The van der Waals surface area contributed by atoms with Gasteiger partial charge in [-0.2, -0.15) is 5.26 Å². The van der Waals surface area contributed by atoms with Crippen molar-refractivity contribution in [3.63, 3.8) is 0 Å². The molecule has 0 spiro atoms. The number of carbonyl (C=O) groups is 1. The lowest BCUT2D eigenvalue weighted by Crippen LogP contribution is -2.49. The van der Waals surface area contributed by atoms with Gasteiger partial charge in [0.1, 0.15) is 6.04 Å². The first-order valence-corrected chi connectivity index (χ1v) is 7.51. The summed E-state index contributed by atoms with van der Waals surface area (Å²) in [6, 6.07) is 20.6. The van der Waals surface area contributed by atoms with Crippen molar-refractivity contribution in [1.82, 2.24) is 0 Å². The van der Waals surface area contributed by atoms with Crippen LogP contribution in [0.1, 0.15) is 13.8 Å². The van der Waals surface area contributed by atoms with Gasteiger partial charge in [0.05, 0.1) is 11.5 Å². The number of nitrogens with one attached hydrogen (secondary N) is 1. The second kappa shape index (κ2) is 6.97. The number of amides is 1. The summed E-state index contributed by atoms with van der Waals surface area (Å²) in [6.07, 6.45) is 0. The third-order valence-corrected chi connectivity index (χ3v) is 3.97. The smallest absolute Gasteiger partial charge is 0.233 e. The van der Waals surface area contributed by atoms with Crippen molar-refractivity contribution < 1.29 is 4.79 Å². The molecule has 2 rings (SSSR count). The molecule has 0 aliphatic rings. The zero-order chi connectivity index (χ0) is 16.9. The first kappa shape index (κ1) is 16.6. The van der Waals surface area contributed by atoms with E-state index in [9.17, 15) is 10.1 Å². The maximum atomic E-state index is 12.7. The maximum absolute atomic E-state index is 12.7. The quantitative estimate of drug-likeness (QED) is 0.916. The highest BCUT2D eigenvalue weighted by Crippen LogP contribution is 2.29. The van der Waals surface area contributed by atoms with Crippen molar-refractivity contribution >= 4 is 17.3 Å². The van der Waals surface area contributed by atoms with Gasteiger partial charge in [0, 0.05) is 18.4 Å². The fraction of sp³-hybridized carbons (Fsp3) is 0.263. The van der Waals surface area contributed by atoms with Crippen LogP contribution in [0, 0.1) is 16.7 Å². The van der Waals surface area contributed by atoms with Gasteiger partial charge in [0.2, 0.25) is 5.91 Å². The second-order valence-electron chi connectivity index (χ2n) is 6.02. The van der Waals surface area contributed by atoms with E-state index in [0.717, 1.165) is 11.4 Å². The molecule has 1 amide bonds. The summed E-state index contributed by atoms with van der Waals surface area (Å²) in [7, 11) is 1.83. The SMILES string of the molecule is CN(c1ccccc1)C(C#N)C(C)(C)C(=O)Nc1ccccc1. The van der Waals surface area contributed by atoms with E-state index in [0.29, 0.717) is 0 Å². The van der Waals surface area contributed by atoms with Crippen LogP contribution in [0.3, 0.4) is 0 Å². The third-order valence-electron chi connectivity index (χ3n) is 3.97. The Morgan fingerprint density at radius 2 is 1.61 bits per heavy atom. The van der Waals surface area contributed by atoms with Gasteiger partial charge in [0.15, 0.2) is 0 Å². The summed E-state index contributed by atoms with van der Waals surface area (Å²) in [5, 5.41) is 12.5. The Morgan fingerprint density at radius 3 is 2.13 bits per heavy atom. The van der Waals surface area contributed by atoms with Crippen LogP contribution in [0.15, 0.2) is 60.7 Å². The van der Waals surface area contributed by atoms with Gasteiger partial charge in [-0.05, 0) is 38.1 Å². The molecule has 1 unspecified atom stereocenters. The van der Waals surface area contributed by atoms with Crippen molar-refractivity contribution in [2.45, 2.75) is 19.9 Å². The van der Waals surface area contributed by atoms with Gasteiger partial charge in [-0.15, -0.1) is 0 Å². The van der Waals surface area contributed by atoms with Gasteiger partial charge in [-0.25, -0.2) is 0 Å². The Kier molecular flexibility index (Phi) is 5.02. The minimum Gasteiger partial charge on any atom is -0.358 e. The van der Waals surface area contributed by atoms with Crippen LogP contribution in [0.5, 0.6) is 0 Å². The van der Waals surface area contributed by atoms with E-state index in [1.807, 2.05) is 72.6 Å². The molecule has 0 aliphatic carbocycles. The van der Waals surface area contributed by atoms with E-state index in [4.69, 9.17) is 0 Å². The maximum Gasteiger partial charge on any atom is 0.233 e. The minimum atomic E-state index is -0.880. The van der Waals surface area contributed by atoms with E-state index in [1.165, 1.54) is 0 Å². The van der Waals surface area contributed by atoms with Crippen LogP contribution in [-0.4, -0.2) is 19.0 Å². The van der Waals surface area contributed by atoms with Crippen LogP contribution in [0.25, 0.3) is 0 Å². The van der Waals surface area contributed by atoms with Crippen molar-refractivity contribution in [2.75, 3.05) is 17.3 Å². The highest BCUT2D eigenvalue weighted by Gasteiger charge is 2.39. The predicted molar refractivity (Wildman–Crippen MR) is 93.1 cm³/mol. The number of rotatable bonds is 5. The number of nitriles is 1. The normalized spacial score (nSPS) is 12.1. The molecular weight excluding hydrogens is 286 g/mol. The highest BCUT2D eigenvalue weighted by molar-refractivity contribution is 5.96. The molecule has 1 atom stereocenters.